The highest BCUT2D eigenvalue weighted by molar-refractivity contribution is 5.76. The van der Waals surface area contributed by atoms with Crippen molar-refractivity contribution in [3.05, 3.63) is 34.4 Å². The number of hydrogen-bond donors (Lipinski definition) is 1. The van der Waals surface area contributed by atoms with Crippen LogP contribution in [-0.2, 0) is 16.1 Å². The van der Waals surface area contributed by atoms with Gasteiger partial charge in [0.15, 0.2) is 0 Å². The average molecular weight is 290 g/mol. The van der Waals surface area contributed by atoms with Gasteiger partial charge < -0.3 is 15.0 Å². The van der Waals surface area contributed by atoms with Gasteiger partial charge in [0.25, 0.3) is 0 Å². The van der Waals surface area contributed by atoms with Gasteiger partial charge in [-0.1, -0.05) is 12.1 Å². The molecular weight excluding hydrogens is 264 g/mol. The number of morpholine rings is 1. The van der Waals surface area contributed by atoms with Crippen LogP contribution in [0.1, 0.15) is 28.7 Å². The molecule has 0 bridgehead atoms. The molecule has 1 aliphatic rings. The minimum absolute atomic E-state index is 0.225. The number of nitrogens with one attached hydrogen (secondary N) is 1. The zero-order valence-corrected chi connectivity index (χ0v) is 13.4. The number of aryl methyl sites for hydroxylation is 3. The van der Waals surface area contributed by atoms with Crippen molar-refractivity contribution < 1.29 is 9.53 Å². The molecular formula is C17H26N2O2. The van der Waals surface area contributed by atoms with E-state index >= 15 is 0 Å². The van der Waals surface area contributed by atoms with E-state index in [4.69, 9.17) is 4.74 Å². The van der Waals surface area contributed by atoms with Crippen molar-refractivity contribution in [3.8, 4) is 0 Å². The van der Waals surface area contributed by atoms with Crippen LogP contribution >= 0.6 is 0 Å². The molecule has 0 aromatic heterocycles. The van der Waals surface area contributed by atoms with E-state index in [1.54, 1.807) is 0 Å². The van der Waals surface area contributed by atoms with Crippen molar-refractivity contribution in [2.45, 2.75) is 33.7 Å². The molecule has 1 heterocycles. The van der Waals surface area contributed by atoms with Gasteiger partial charge >= 0.3 is 0 Å². The van der Waals surface area contributed by atoms with E-state index in [1.165, 1.54) is 22.3 Å². The lowest BCUT2D eigenvalue weighted by molar-refractivity contribution is -0.135. The molecule has 0 aliphatic carbocycles. The van der Waals surface area contributed by atoms with E-state index in [2.05, 4.69) is 38.2 Å². The molecule has 116 valence electrons. The number of carbonyl (C=O) groups excluding carboxylic acids is 1. The van der Waals surface area contributed by atoms with Crippen LogP contribution in [0.5, 0.6) is 0 Å². The normalized spacial score (nSPS) is 15.3. The predicted molar refractivity (Wildman–Crippen MR) is 84.4 cm³/mol. The van der Waals surface area contributed by atoms with Crippen molar-refractivity contribution in [2.75, 3.05) is 32.8 Å². The Bertz CT molecular complexity index is 494. The molecule has 4 heteroatoms. The Kier molecular flexibility index (Phi) is 5.76. The zero-order valence-electron chi connectivity index (χ0n) is 13.4. The van der Waals surface area contributed by atoms with Crippen LogP contribution in [0.15, 0.2) is 12.1 Å². The summed E-state index contributed by atoms with van der Waals surface area (Å²) in [4.78, 5) is 13.9. The number of carbonyl (C=O) groups is 1. The van der Waals surface area contributed by atoms with Crippen LogP contribution in [0.3, 0.4) is 0 Å². The number of amides is 1. The number of nitrogens with zero attached hydrogens (tertiary/aromatic N) is 1. The summed E-state index contributed by atoms with van der Waals surface area (Å²) < 4.78 is 5.26. The molecule has 1 aliphatic heterocycles. The smallest absolute Gasteiger partial charge is 0.224 e. The molecule has 0 saturated carbocycles. The summed E-state index contributed by atoms with van der Waals surface area (Å²) in [7, 11) is 0. The molecule has 1 aromatic rings. The molecule has 4 nitrogen and oxygen atoms in total. The predicted octanol–water partition coefficient (Wildman–Crippen LogP) is 1.95. The maximum Gasteiger partial charge on any atom is 0.224 e. The summed E-state index contributed by atoms with van der Waals surface area (Å²) in [5, 5.41) is 3.38. The van der Waals surface area contributed by atoms with Crippen molar-refractivity contribution in [1.29, 1.82) is 0 Å². The summed E-state index contributed by atoms with van der Waals surface area (Å²) >= 11 is 0. The third-order valence-corrected chi connectivity index (χ3v) is 4.15. The van der Waals surface area contributed by atoms with Gasteiger partial charge in [-0.15, -0.1) is 0 Å². The van der Waals surface area contributed by atoms with E-state index in [9.17, 15) is 4.79 Å². The first-order valence-corrected chi connectivity index (χ1v) is 7.71. The van der Waals surface area contributed by atoms with Crippen LogP contribution in [0.25, 0.3) is 0 Å². The van der Waals surface area contributed by atoms with E-state index in [0.717, 1.165) is 26.2 Å². The first-order valence-electron chi connectivity index (χ1n) is 7.71. The lowest BCUT2D eigenvalue weighted by Crippen LogP contribution is -2.41. The van der Waals surface area contributed by atoms with Crippen LogP contribution in [0.2, 0.25) is 0 Å². The second-order valence-corrected chi connectivity index (χ2v) is 5.78. The highest BCUT2D eigenvalue weighted by Gasteiger charge is 2.15. The summed E-state index contributed by atoms with van der Waals surface area (Å²) in [6, 6.07) is 4.46. The number of ether oxygens (including phenoxy) is 1. The van der Waals surface area contributed by atoms with E-state index < -0.39 is 0 Å². The fourth-order valence-corrected chi connectivity index (χ4v) is 2.60. The van der Waals surface area contributed by atoms with E-state index in [-0.39, 0.29) is 5.91 Å². The van der Waals surface area contributed by atoms with Gasteiger partial charge in [-0.25, -0.2) is 0 Å². The quantitative estimate of drug-likeness (QED) is 0.843. The average Bonchev–Trinajstić information content (AvgIpc) is 2.49. The molecule has 1 saturated heterocycles. The van der Waals surface area contributed by atoms with E-state index in [0.29, 0.717) is 19.6 Å². The highest BCUT2D eigenvalue weighted by atomic mass is 16.5. The van der Waals surface area contributed by atoms with Gasteiger partial charge in [-0.2, -0.15) is 0 Å². The fourth-order valence-electron chi connectivity index (χ4n) is 2.60. The fraction of sp³-hybridized carbons (Fsp3) is 0.588. The van der Waals surface area contributed by atoms with Crippen LogP contribution < -0.4 is 5.32 Å². The van der Waals surface area contributed by atoms with Gasteiger partial charge in [0, 0.05) is 32.6 Å². The Morgan fingerprint density at radius 1 is 1.14 bits per heavy atom. The number of rotatable bonds is 5. The van der Waals surface area contributed by atoms with Gasteiger partial charge in [0.05, 0.1) is 13.2 Å². The third-order valence-electron chi connectivity index (χ3n) is 4.15. The monoisotopic (exact) mass is 290 g/mol. The van der Waals surface area contributed by atoms with Crippen LogP contribution in [0, 0.1) is 20.8 Å². The maximum atomic E-state index is 12.0. The molecule has 1 aromatic carbocycles. The van der Waals surface area contributed by atoms with Crippen molar-refractivity contribution in [1.82, 2.24) is 10.2 Å². The SMILES string of the molecule is Cc1cc(C)c(CNCCC(=O)N2CCOCC2)cc1C. The third kappa shape index (κ3) is 4.55. The van der Waals surface area contributed by atoms with Crippen molar-refractivity contribution >= 4 is 5.91 Å². The van der Waals surface area contributed by atoms with Gasteiger partial charge in [0.1, 0.15) is 0 Å². The number of benzene rings is 1. The Labute approximate surface area is 127 Å². The molecule has 1 N–H and O–H groups in total. The van der Waals surface area contributed by atoms with Gasteiger partial charge in [-0.05, 0) is 43.0 Å². The standard InChI is InChI=1S/C17H26N2O2/c1-13-10-15(3)16(11-14(13)2)12-18-5-4-17(20)19-6-8-21-9-7-19/h10-11,18H,4-9,12H2,1-3H3. The van der Waals surface area contributed by atoms with Crippen LogP contribution in [0.4, 0.5) is 0 Å². The lowest BCUT2D eigenvalue weighted by atomic mass is 10.0. The summed E-state index contributed by atoms with van der Waals surface area (Å²) in [6.45, 7) is 10.8. The molecule has 1 amide bonds. The Hall–Kier alpha value is -1.39. The van der Waals surface area contributed by atoms with Gasteiger partial charge in [-0.3, -0.25) is 4.79 Å². The summed E-state index contributed by atoms with van der Waals surface area (Å²) in [5.74, 6) is 0.225. The second-order valence-electron chi connectivity index (χ2n) is 5.78. The molecule has 0 unspecified atom stereocenters. The largest absolute Gasteiger partial charge is 0.378 e. The molecule has 1 fully saturated rings. The molecule has 21 heavy (non-hydrogen) atoms. The lowest BCUT2D eigenvalue weighted by Gasteiger charge is -2.26. The molecule has 0 radical (unpaired) electrons. The first-order chi connectivity index (χ1) is 10.1. The summed E-state index contributed by atoms with van der Waals surface area (Å²) in [6.07, 6.45) is 0.559. The summed E-state index contributed by atoms with van der Waals surface area (Å²) in [5.41, 5.74) is 5.28. The zero-order chi connectivity index (χ0) is 15.2. The van der Waals surface area contributed by atoms with Crippen molar-refractivity contribution in [2.24, 2.45) is 0 Å². The molecule has 2 rings (SSSR count). The second kappa shape index (κ2) is 7.57. The van der Waals surface area contributed by atoms with Crippen LogP contribution in [-0.4, -0.2) is 43.7 Å². The Balaban J connectivity index is 1.74. The van der Waals surface area contributed by atoms with E-state index in [1.807, 2.05) is 4.90 Å². The number of hydrogen-bond acceptors (Lipinski definition) is 3. The Morgan fingerprint density at radius 2 is 1.81 bits per heavy atom. The van der Waals surface area contributed by atoms with Gasteiger partial charge in [0.2, 0.25) is 5.91 Å². The molecule has 0 spiro atoms. The minimum atomic E-state index is 0.225. The molecule has 0 atom stereocenters. The van der Waals surface area contributed by atoms with Crippen molar-refractivity contribution in [3.63, 3.8) is 0 Å². The first kappa shape index (κ1) is 16.0. The topological polar surface area (TPSA) is 41.6 Å². The maximum absolute atomic E-state index is 12.0. The Morgan fingerprint density at radius 3 is 2.52 bits per heavy atom. The highest BCUT2D eigenvalue weighted by Crippen LogP contribution is 2.15. The minimum Gasteiger partial charge on any atom is -0.378 e.